The van der Waals surface area contributed by atoms with Gasteiger partial charge in [0, 0.05) is 44.6 Å². The van der Waals surface area contributed by atoms with Crippen LogP contribution in [0.5, 0.6) is 11.5 Å². The number of fused-ring (bicyclic) bond motifs is 10. The maximum Gasteiger partial charge on any atom is 0.269 e. The third kappa shape index (κ3) is 8.52. The van der Waals surface area contributed by atoms with Crippen LogP contribution in [-0.4, -0.2) is 18.5 Å². The fourth-order valence-electron chi connectivity index (χ4n) is 12.0. The van der Waals surface area contributed by atoms with Gasteiger partial charge in [0.25, 0.3) is 6.33 Å². The summed E-state index contributed by atoms with van der Waals surface area (Å²) >= 11 is 0. The Kier molecular flexibility index (Phi) is 11.3. The topological polar surface area (TPSA) is 40.3 Å². The van der Waals surface area contributed by atoms with Crippen molar-refractivity contribution in [1.29, 1.82) is 0 Å². The molecule has 5 heterocycles. The van der Waals surface area contributed by atoms with Gasteiger partial charge in [0.1, 0.15) is 17.3 Å². The van der Waals surface area contributed by atoms with Gasteiger partial charge >= 0.3 is 0 Å². The minimum Gasteiger partial charge on any atom is -0.458 e. The smallest absolute Gasteiger partial charge is 0.269 e. The van der Waals surface area contributed by atoms with Gasteiger partial charge in [-0.3, -0.25) is 13.7 Å². The summed E-state index contributed by atoms with van der Waals surface area (Å²) in [4.78, 5) is 5.06. The van der Waals surface area contributed by atoms with Crippen LogP contribution in [0, 0.1) is 6.33 Å². The second kappa shape index (κ2) is 17.6. The van der Waals surface area contributed by atoms with E-state index in [0.717, 1.165) is 61.5 Å². The summed E-state index contributed by atoms with van der Waals surface area (Å²) in [6.07, 6.45) is 5.72. The summed E-state index contributed by atoms with van der Waals surface area (Å²) in [6, 6.07) is 60.9. The normalized spacial score (nSPS) is 13.2. The molecular formula is C74H73N5O. The van der Waals surface area contributed by atoms with E-state index < -0.39 is 0 Å². The summed E-state index contributed by atoms with van der Waals surface area (Å²) in [5.74, 6) is 2.35. The van der Waals surface area contributed by atoms with E-state index in [4.69, 9.17) is 9.72 Å². The van der Waals surface area contributed by atoms with Crippen LogP contribution in [0.1, 0.15) is 132 Å². The molecule has 0 atom stereocenters. The molecule has 0 radical (unpaired) electrons. The number of aromatic nitrogens is 5. The van der Waals surface area contributed by atoms with Crippen LogP contribution in [0.4, 0.5) is 0 Å². The third-order valence-electron chi connectivity index (χ3n) is 16.8. The summed E-state index contributed by atoms with van der Waals surface area (Å²) in [5, 5.41) is 7.52. The first-order valence-corrected chi connectivity index (χ1v) is 28.5. The highest BCUT2D eigenvalue weighted by atomic mass is 16.5. The fraction of sp³-hybridized carbons (Fsp3) is 0.270. The number of pyridine rings is 1. The molecule has 0 aliphatic rings. The van der Waals surface area contributed by atoms with Crippen LogP contribution >= 0.6 is 0 Å². The molecule has 80 heavy (non-hydrogen) atoms. The summed E-state index contributed by atoms with van der Waals surface area (Å²) < 4.78 is 16.1. The second-order valence-electron chi connectivity index (χ2n) is 27.7. The average Bonchev–Trinajstić information content (AvgIpc) is 2.59. The fourth-order valence-corrected chi connectivity index (χ4v) is 12.0. The molecule has 6 nitrogen and oxygen atoms in total. The van der Waals surface area contributed by atoms with Gasteiger partial charge in [-0.2, -0.15) is 0 Å². The Balaban J connectivity index is 0.924. The number of ether oxygens (including phenoxy) is 1. The lowest BCUT2D eigenvalue weighted by molar-refractivity contribution is -0.572. The molecule has 5 aromatic heterocycles. The molecule has 6 heteroatoms. The Labute approximate surface area is 471 Å². The van der Waals surface area contributed by atoms with Crippen molar-refractivity contribution in [3.63, 3.8) is 0 Å². The number of nitrogens with zero attached hydrogens (tertiary/aromatic N) is 5. The van der Waals surface area contributed by atoms with Gasteiger partial charge in [-0.15, -0.1) is 0 Å². The zero-order chi connectivity index (χ0) is 56.2. The molecule has 0 amide bonds. The van der Waals surface area contributed by atoms with Crippen molar-refractivity contribution in [2.45, 2.75) is 131 Å². The van der Waals surface area contributed by atoms with E-state index in [1.165, 1.54) is 77.0 Å². The van der Waals surface area contributed by atoms with Crippen LogP contribution in [0.2, 0.25) is 0 Å². The molecule has 0 N–H and O–H groups in total. The zero-order valence-electron chi connectivity index (χ0n) is 49.3. The van der Waals surface area contributed by atoms with Gasteiger partial charge in [0.15, 0.2) is 0 Å². The highest BCUT2D eigenvalue weighted by Gasteiger charge is 2.27. The van der Waals surface area contributed by atoms with Gasteiger partial charge < -0.3 is 9.14 Å². The van der Waals surface area contributed by atoms with Crippen LogP contribution in [0.15, 0.2) is 170 Å². The predicted molar refractivity (Wildman–Crippen MR) is 336 cm³/mol. The molecule has 0 fully saturated rings. The Morgan fingerprint density at radius 3 is 1.60 bits per heavy atom. The monoisotopic (exact) mass is 1050 g/mol. The third-order valence-corrected chi connectivity index (χ3v) is 16.8. The Hall–Kier alpha value is -8.22. The molecule has 400 valence electrons. The van der Waals surface area contributed by atoms with Crippen LogP contribution in [0.25, 0.3) is 99.3 Å². The minimum atomic E-state index is -0.0649. The molecule has 0 saturated carbocycles. The highest BCUT2D eigenvalue weighted by Crippen LogP contribution is 2.45. The van der Waals surface area contributed by atoms with E-state index >= 15 is 0 Å². The van der Waals surface area contributed by atoms with Crippen LogP contribution in [-0.2, 0) is 27.1 Å². The molecule has 0 unspecified atom stereocenters. The van der Waals surface area contributed by atoms with Crippen molar-refractivity contribution in [3.05, 3.63) is 204 Å². The van der Waals surface area contributed by atoms with E-state index in [-0.39, 0.29) is 27.1 Å². The van der Waals surface area contributed by atoms with Gasteiger partial charge in [0.05, 0.1) is 50.0 Å². The molecule has 0 aliphatic carbocycles. The van der Waals surface area contributed by atoms with E-state index in [2.05, 4.69) is 286 Å². The van der Waals surface area contributed by atoms with Gasteiger partial charge in [-0.25, -0.2) is 4.98 Å². The molecular weight excluding hydrogens is 975 g/mol. The van der Waals surface area contributed by atoms with Crippen molar-refractivity contribution in [2.75, 3.05) is 0 Å². The van der Waals surface area contributed by atoms with E-state index in [0.29, 0.717) is 0 Å². The molecule has 0 bridgehead atoms. The largest absolute Gasteiger partial charge is 0.458 e. The molecule has 13 rings (SSSR count). The van der Waals surface area contributed by atoms with E-state index in [1.54, 1.807) is 0 Å². The lowest BCUT2D eigenvalue weighted by Gasteiger charge is -2.26. The van der Waals surface area contributed by atoms with Crippen LogP contribution < -0.4 is 9.30 Å². The maximum atomic E-state index is 6.91. The number of imidazole rings is 1. The standard InChI is InChI=1S/C74H73N5O/c1-70(2,3)47-25-30-64-59(38-47)61-40-51(74(13,14)15)39-60-58-34-46(24-29-63(58)79(64)69(60)61)45-23-28-62-57(33-45)56-27-26-55(43-67(56)78(62)68-41-48(31-32-75-68)71(4,5)6)80-54-20-18-19-52(42-54)76-44-77(66-22-17-16-21-65(66)76)53-36-49(72(7,8)9)35-50(37-53)73(10,11)12/h16-43H,1-15H3. The first-order chi connectivity index (χ1) is 37.8. The lowest BCUT2D eigenvalue weighted by atomic mass is 9.80. The number of benzene rings is 8. The van der Waals surface area contributed by atoms with E-state index in [1.807, 2.05) is 12.3 Å². The summed E-state index contributed by atoms with van der Waals surface area (Å²) in [5.41, 5.74) is 18.9. The Morgan fingerprint density at radius 2 is 0.950 bits per heavy atom. The minimum absolute atomic E-state index is 0.0195. The van der Waals surface area contributed by atoms with Crippen molar-refractivity contribution in [3.8, 4) is 39.8 Å². The predicted octanol–water partition coefficient (Wildman–Crippen LogP) is 19.3. The number of hydrogen-bond acceptors (Lipinski definition) is 2. The molecule has 13 aromatic rings. The second-order valence-corrected chi connectivity index (χ2v) is 27.7. The molecule has 0 saturated heterocycles. The SMILES string of the molecule is CC(C)(C)c1cc(-[n+]2[c-]n(-c3cccc(Oc4ccc5c6cc(-c7ccc8c(c7)c7cc(C(C)(C)C)cc9c%10cc(C(C)(C)C)ccc%10n8c79)ccc6n(-c6cc(C(C)(C)C)ccn6)c5c4)c3)c3ccccc32)cc(C(C)(C)C)c1. The summed E-state index contributed by atoms with van der Waals surface area (Å²) in [6.45, 7) is 34.4. The van der Waals surface area contributed by atoms with E-state index in [9.17, 15) is 0 Å². The molecule has 8 aromatic carbocycles. The number of para-hydroxylation sites is 2. The van der Waals surface area contributed by atoms with Gasteiger partial charge in [-0.1, -0.05) is 158 Å². The summed E-state index contributed by atoms with van der Waals surface area (Å²) in [7, 11) is 0. The first-order valence-electron chi connectivity index (χ1n) is 28.5. The van der Waals surface area contributed by atoms with Crippen molar-refractivity contribution in [2.24, 2.45) is 0 Å². The first kappa shape index (κ1) is 51.2. The molecule has 0 spiro atoms. The highest BCUT2D eigenvalue weighted by molar-refractivity contribution is 6.24. The quantitative estimate of drug-likeness (QED) is 0.123. The van der Waals surface area contributed by atoms with Crippen molar-refractivity contribution in [1.82, 2.24) is 18.5 Å². The Bertz CT molecular complexity index is 4600. The zero-order valence-corrected chi connectivity index (χ0v) is 49.3. The van der Waals surface area contributed by atoms with Gasteiger partial charge in [0.2, 0.25) is 0 Å². The number of hydrogen-bond donors (Lipinski definition) is 0. The van der Waals surface area contributed by atoms with Gasteiger partial charge in [-0.05, 0) is 169 Å². The lowest BCUT2D eigenvalue weighted by Crippen LogP contribution is -2.31. The number of rotatable bonds is 6. The van der Waals surface area contributed by atoms with Crippen molar-refractivity contribution < 1.29 is 9.30 Å². The molecule has 0 aliphatic heterocycles. The van der Waals surface area contributed by atoms with Crippen molar-refractivity contribution >= 4 is 70.9 Å². The van der Waals surface area contributed by atoms with Crippen LogP contribution in [0.3, 0.4) is 0 Å². The Morgan fingerprint density at radius 1 is 0.400 bits per heavy atom. The average molecular weight is 1050 g/mol. The maximum absolute atomic E-state index is 6.91.